The van der Waals surface area contributed by atoms with Gasteiger partial charge in [0.15, 0.2) is 11.0 Å². The highest BCUT2D eigenvalue weighted by Crippen LogP contribution is 2.33. The molecule has 0 fully saturated rings. The van der Waals surface area contributed by atoms with Gasteiger partial charge in [-0.2, -0.15) is 4.57 Å². The third kappa shape index (κ3) is 4.33. The number of thiazole rings is 1. The topological polar surface area (TPSA) is 34.2 Å². The predicted molar refractivity (Wildman–Crippen MR) is 158 cm³/mol. The van der Waals surface area contributed by atoms with Gasteiger partial charge in [-0.3, -0.25) is 0 Å². The standard InChI is InChI=1S/C32H29N4OS/c1-4-35-29-22-23(32-33-27-12-8-9-13-30(27)38-32)14-19-28(29)36(25-15-17-26(37-3)18-16-25)31(35)20-21-34(2)24-10-6-5-7-11-24/h5-22H,4H2,1-3H3/q+1. The molecule has 6 rings (SSSR count). The van der Waals surface area contributed by atoms with Crippen LogP contribution in [0.1, 0.15) is 12.7 Å². The van der Waals surface area contributed by atoms with Gasteiger partial charge < -0.3 is 9.64 Å². The molecule has 2 heterocycles. The monoisotopic (exact) mass is 517 g/mol. The van der Waals surface area contributed by atoms with E-state index >= 15 is 0 Å². The lowest BCUT2D eigenvalue weighted by molar-refractivity contribution is -0.670. The molecule has 6 heteroatoms. The molecule has 4 aromatic carbocycles. The van der Waals surface area contributed by atoms with E-state index in [1.165, 1.54) is 10.2 Å². The van der Waals surface area contributed by atoms with Gasteiger partial charge in [0.05, 0.1) is 23.9 Å². The Labute approximate surface area is 226 Å². The molecule has 0 bridgehead atoms. The van der Waals surface area contributed by atoms with Gasteiger partial charge in [0.1, 0.15) is 16.4 Å². The Balaban J connectivity index is 1.53. The Hall–Kier alpha value is -4.42. The molecule has 0 aliphatic carbocycles. The molecular formula is C32H29N4OS+. The van der Waals surface area contributed by atoms with Gasteiger partial charge in [-0.25, -0.2) is 9.55 Å². The van der Waals surface area contributed by atoms with Gasteiger partial charge in [-0.15, -0.1) is 11.3 Å². The average Bonchev–Trinajstić information content (AvgIpc) is 3.55. The molecule has 188 valence electrons. The first-order valence-corrected chi connectivity index (χ1v) is 13.5. The van der Waals surface area contributed by atoms with Gasteiger partial charge >= 0.3 is 0 Å². The van der Waals surface area contributed by atoms with Gasteiger partial charge in [0.25, 0.3) is 5.82 Å². The van der Waals surface area contributed by atoms with Crippen molar-refractivity contribution >= 4 is 44.4 Å². The number of hydrogen-bond acceptors (Lipinski definition) is 4. The van der Waals surface area contributed by atoms with Crippen LogP contribution in [-0.2, 0) is 6.54 Å². The third-order valence-corrected chi connectivity index (χ3v) is 7.90. The van der Waals surface area contributed by atoms with E-state index in [9.17, 15) is 0 Å². The van der Waals surface area contributed by atoms with Crippen molar-refractivity contribution in [3.63, 3.8) is 0 Å². The summed E-state index contributed by atoms with van der Waals surface area (Å²) in [5.74, 6) is 1.93. The fourth-order valence-corrected chi connectivity index (χ4v) is 5.81. The largest absolute Gasteiger partial charge is 0.497 e. The molecule has 0 aliphatic rings. The second-order valence-corrected chi connectivity index (χ2v) is 10.1. The van der Waals surface area contributed by atoms with Gasteiger partial charge in [0, 0.05) is 30.6 Å². The second kappa shape index (κ2) is 10.1. The molecule has 0 amide bonds. The molecule has 0 atom stereocenters. The number of hydrogen-bond donors (Lipinski definition) is 0. The quantitative estimate of drug-likeness (QED) is 0.208. The lowest BCUT2D eigenvalue weighted by Gasteiger charge is -2.13. The normalized spacial score (nSPS) is 11.6. The smallest absolute Gasteiger partial charge is 0.289 e. The molecule has 0 aliphatic heterocycles. The summed E-state index contributed by atoms with van der Waals surface area (Å²) >= 11 is 1.73. The molecule has 0 saturated carbocycles. The van der Waals surface area contributed by atoms with E-state index in [0.29, 0.717) is 0 Å². The fraction of sp³-hybridized carbons (Fsp3) is 0.125. The Morgan fingerprint density at radius 1 is 0.947 bits per heavy atom. The Morgan fingerprint density at radius 3 is 2.45 bits per heavy atom. The number of methoxy groups -OCH3 is 1. The predicted octanol–water partition coefficient (Wildman–Crippen LogP) is 7.33. The summed E-state index contributed by atoms with van der Waals surface area (Å²) in [4.78, 5) is 7.05. The Kier molecular flexibility index (Phi) is 6.40. The number of ether oxygens (including phenoxy) is 1. The van der Waals surface area contributed by atoms with Crippen LogP contribution in [0, 0.1) is 0 Å². The average molecular weight is 518 g/mol. The molecule has 38 heavy (non-hydrogen) atoms. The van der Waals surface area contributed by atoms with Crippen LogP contribution in [0.2, 0.25) is 0 Å². The van der Waals surface area contributed by atoms with Crippen molar-refractivity contribution in [2.45, 2.75) is 13.5 Å². The first-order valence-electron chi connectivity index (χ1n) is 12.7. The van der Waals surface area contributed by atoms with E-state index in [2.05, 4.69) is 113 Å². The van der Waals surface area contributed by atoms with E-state index < -0.39 is 0 Å². The number of rotatable bonds is 7. The lowest BCUT2D eigenvalue weighted by atomic mass is 10.2. The van der Waals surface area contributed by atoms with E-state index in [0.717, 1.165) is 51.1 Å². The van der Waals surface area contributed by atoms with Crippen LogP contribution in [0.25, 0.3) is 43.6 Å². The van der Waals surface area contributed by atoms with Crippen LogP contribution in [-0.4, -0.2) is 23.7 Å². The summed E-state index contributed by atoms with van der Waals surface area (Å²) in [6.07, 6.45) is 4.32. The van der Waals surface area contributed by atoms with Crippen LogP contribution in [0.4, 0.5) is 5.69 Å². The highest BCUT2D eigenvalue weighted by Gasteiger charge is 2.25. The van der Waals surface area contributed by atoms with Gasteiger partial charge in [-0.05, 0) is 73.7 Å². The number of fused-ring (bicyclic) bond motifs is 2. The molecule has 0 saturated heterocycles. The summed E-state index contributed by atoms with van der Waals surface area (Å²) in [6.45, 7) is 3.03. The zero-order chi connectivity index (χ0) is 26.1. The first kappa shape index (κ1) is 23.9. The molecule has 2 aromatic heterocycles. The summed E-state index contributed by atoms with van der Waals surface area (Å²) in [7, 11) is 3.77. The van der Waals surface area contributed by atoms with Crippen molar-refractivity contribution in [3.8, 4) is 22.0 Å². The molecule has 5 nitrogen and oxygen atoms in total. The van der Waals surface area contributed by atoms with Crippen molar-refractivity contribution in [1.82, 2.24) is 9.55 Å². The van der Waals surface area contributed by atoms with Crippen molar-refractivity contribution in [2.24, 2.45) is 0 Å². The minimum absolute atomic E-state index is 0.831. The first-order chi connectivity index (χ1) is 18.7. The Morgan fingerprint density at radius 2 is 1.71 bits per heavy atom. The number of benzene rings is 4. The zero-order valence-electron chi connectivity index (χ0n) is 21.7. The van der Waals surface area contributed by atoms with Crippen LogP contribution >= 0.6 is 11.3 Å². The minimum Gasteiger partial charge on any atom is -0.497 e. The second-order valence-electron chi connectivity index (χ2n) is 9.09. The van der Waals surface area contributed by atoms with Gasteiger partial charge in [-0.1, -0.05) is 30.3 Å². The van der Waals surface area contributed by atoms with Crippen molar-refractivity contribution in [3.05, 3.63) is 109 Å². The molecule has 0 N–H and O–H groups in total. The number of imidazole rings is 1. The van der Waals surface area contributed by atoms with Crippen molar-refractivity contribution < 1.29 is 9.30 Å². The van der Waals surface area contributed by atoms with Crippen molar-refractivity contribution in [2.75, 3.05) is 19.1 Å². The third-order valence-electron chi connectivity index (χ3n) is 6.81. The maximum Gasteiger partial charge on any atom is 0.289 e. The van der Waals surface area contributed by atoms with Crippen LogP contribution < -0.4 is 14.2 Å². The highest BCUT2D eigenvalue weighted by molar-refractivity contribution is 7.21. The summed E-state index contributed by atoms with van der Waals surface area (Å²) in [5.41, 5.74) is 6.70. The molecular weight excluding hydrogens is 488 g/mol. The Bertz CT molecular complexity index is 1720. The van der Waals surface area contributed by atoms with E-state index in [-0.39, 0.29) is 0 Å². The maximum absolute atomic E-state index is 5.43. The number of nitrogens with zero attached hydrogens (tertiary/aromatic N) is 4. The molecule has 6 aromatic rings. The van der Waals surface area contributed by atoms with Crippen LogP contribution in [0.3, 0.4) is 0 Å². The molecule has 0 spiro atoms. The fourth-order valence-electron chi connectivity index (χ4n) is 4.85. The number of aromatic nitrogens is 3. The lowest BCUT2D eigenvalue weighted by Crippen LogP contribution is -2.35. The summed E-state index contributed by atoms with van der Waals surface area (Å²) in [5, 5.41) is 1.04. The summed E-state index contributed by atoms with van der Waals surface area (Å²) in [6, 6.07) is 33.6. The number of para-hydroxylation sites is 2. The van der Waals surface area contributed by atoms with Crippen molar-refractivity contribution in [1.29, 1.82) is 0 Å². The SMILES string of the molecule is CC[n+]1c(/C=C/N(C)c2ccccc2)n(-c2ccc(OC)cc2)c2ccc(-c3nc4ccccc4s3)cc21. The minimum atomic E-state index is 0.831. The summed E-state index contributed by atoms with van der Waals surface area (Å²) < 4.78 is 11.3. The van der Waals surface area contributed by atoms with E-state index in [1.807, 2.05) is 24.3 Å². The molecule has 0 unspecified atom stereocenters. The van der Waals surface area contributed by atoms with E-state index in [1.54, 1.807) is 18.4 Å². The molecule has 0 radical (unpaired) electrons. The zero-order valence-corrected chi connectivity index (χ0v) is 22.5. The maximum atomic E-state index is 5.43. The number of anilines is 1. The van der Waals surface area contributed by atoms with E-state index in [4.69, 9.17) is 9.72 Å². The highest BCUT2D eigenvalue weighted by atomic mass is 32.1. The van der Waals surface area contributed by atoms with Crippen LogP contribution in [0.5, 0.6) is 5.75 Å². The number of aryl methyl sites for hydroxylation is 1. The van der Waals surface area contributed by atoms with Crippen LogP contribution in [0.15, 0.2) is 103 Å². The van der Waals surface area contributed by atoms with Gasteiger partial charge in [0.2, 0.25) is 0 Å².